The van der Waals surface area contributed by atoms with Crippen LogP contribution in [0.25, 0.3) is 0 Å². The largest absolute Gasteiger partial charge is 0.455 e. The van der Waals surface area contributed by atoms with Crippen molar-refractivity contribution in [2.45, 2.75) is 53.6 Å². The molecule has 3 nitrogen and oxygen atoms in total. The van der Waals surface area contributed by atoms with Crippen molar-refractivity contribution in [3.05, 3.63) is 0 Å². The maximum Gasteiger partial charge on any atom is 0.303 e. The first kappa shape index (κ1) is 13.1. The first-order valence-corrected chi connectivity index (χ1v) is 5.00. The summed E-state index contributed by atoms with van der Waals surface area (Å²) in [6, 6.07) is 0. The number of ketones is 1. The molecule has 14 heavy (non-hydrogen) atoms. The van der Waals surface area contributed by atoms with Crippen LogP contribution in [-0.4, -0.2) is 17.9 Å². The quantitative estimate of drug-likeness (QED) is 0.654. The molecule has 0 rings (SSSR count). The fourth-order valence-electron chi connectivity index (χ4n) is 1.19. The van der Waals surface area contributed by atoms with Gasteiger partial charge < -0.3 is 4.74 Å². The lowest BCUT2D eigenvalue weighted by Gasteiger charge is -2.23. The number of Topliss-reactive ketones (excluding diaryl/α,β-unsaturated/α-hetero) is 1. The summed E-state index contributed by atoms with van der Waals surface area (Å²) in [6.07, 6.45) is 0.868. The molecule has 0 bridgehead atoms. The third kappa shape index (κ3) is 4.40. The van der Waals surface area contributed by atoms with E-state index in [1.165, 1.54) is 6.92 Å². The van der Waals surface area contributed by atoms with Gasteiger partial charge in [0.1, 0.15) is 0 Å². The summed E-state index contributed by atoms with van der Waals surface area (Å²) in [6.45, 7) is 8.80. The molecule has 0 aromatic rings. The zero-order valence-electron chi connectivity index (χ0n) is 9.72. The zero-order chi connectivity index (χ0) is 11.4. The minimum absolute atomic E-state index is 0.00505. The summed E-state index contributed by atoms with van der Waals surface area (Å²) in [5.41, 5.74) is -0.449. The van der Waals surface area contributed by atoms with Crippen LogP contribution in [0.5, 0.6) is 0 Å². The van der Waals surface area contributed by atoms with E-state index in [0.29, 0.717) is 6.42 Å². The van der Waals surface area contributed by atoms with E-state index in [1.807, 2.05) is 27.7 Å². The van der Waals surface area contributed by atoms with Gasteiger partial charge in [-0.3, -0.25) is 9.59 Å². The van der Waals surface area contributed by atoms with E-state index in [9.17, 15) is 9.59 Å². The highest BCUT2D eigenvalue weighted by atomic mass is 16.5. The molecule has 0 saturated heterocycles. The van der Waals surface area contributed by atoms with Gasteiger partial charge in [0.25, 0.3) is 0 Å². The Labute approximate surface area is 85.8 Å². The lowest BCUT2D eigenvalue weighted by atomic mass is 9.86. The van der Waals surface area contributed by atoms with Crippen molar-refractivity contribution in [3.63, 3.8) is 0 Å². The van der Waals surface area contributed by atoms with Crippen LogP contribution in [0, 0.1) is 5.41 Å². The summed E-state index contributed by atoms with van der Waals surface area (Å²) in [7, 11) is 0. The predicted octanol–water partition coefficient (Wildman–Crippen LogP) is 2.33. The highest BCUT2D eigenvalue weighted by molar-refractivity contribution is 5.89. The molecular weight excluding hydrogens is 180 g/mol. The van der Waals surface area contributed by atoms with E-state index in [4.69, 9.17) is 4.74 Å². The monoisotopic (exact) mass is 200 g/mol. The third-order valence-corrected chi connectivity index (χ3v) is 1.89. The van der Waals surface area contributed by atoms with Crippen molar-refractivity contribution in [1.29, 1.82) is 0 Å². The second kappa shape index (κ2) is 5.13. The molecule has 0 N–H and O–H groups in total. The van der Waals surface area contributed by atoms with Gasteiger partial charge in [-0.15, -0.1) is 0 Å². The van der Waals surface area contributed by atoms with Crippen molar-refractivity contribution in [2.75, 3.05) is 0 Å². The summed E-state index contributed by atoms with van der Waals surface area (Å²) in [4.78, 5) is 22.6. The lowest BCUT2D eigenvalue weighted by Crippen LogP contribution is -2.35. The molecular formula is C11H20O3. The molecule has 0 spiro atoms. The Balaban J connectivity index is 4.49. The van der Waals surface area contributed by atoms with Crippen molar-refractivity contribution >= 4 is 11.8 Å². The van der Waals surface area contributed by atoms with Crippen molar-refractivity contribution < 1.29 is 14.3 Å². The molecule has 1 atom stereocenters. The molecule has 0 aromatic carbocycles. The molecule has 0 fully saturated rings. The minimum atomic E-state index is -0.572. The number of rotatable bonds is 4. The molecule has 82 valence electrons. The number of esters is 1. The minimum Gasteiger partial charge on any atom is -0.455 e. The highest BCUT2D eigenvalue weighted by Crippen LogP contribution is 2.20. The van der Waals surface area contributed by atoms with E-state index < -0.39 is 11.5 Å². The van der Waals surface area contributed by atoms with Gasteiger partial charge in [-0.05, 0) is 6.42 Å². The summed E-state index contributed by atoms with van der Waals surface area (Å²) in [5.74, 6) is -0.393. The van der Waals surface area contributed by atoms with E-state index in [0.717, 1.165) is 6.42 Å². The van der Waals surface area contributed by atoms with Crippen LogP contribution in [0.3, 0.4) is 0 Å². The predicted molar refractivity (Wildman–Crippen MR) is 54.9 cm³/mol. The van der Waals surface area contributed by atoms with Crippen molar-refractivity contribution in [2.24, 2.45) is 5.41 Å². The summed E-state index contributed by atoms with van der Waals surface area (Å²) >= 11 is 0. The average molecular weight is 200 g/mol. The maximum atomic E-state index is 11.8. The van der Waals surface area contributed by atoms with Crippen LogP contribution in [0.1, 0.15) is 47.5 Å². The van der Waals surface area contributed by atoms with E-state index >= 15 is 0 Å². The topological polar surface area (TPSA) is 43.4 Å². The van der Waals surface area contributed by atoms with E-state index in [-0.39, 0.29) is 11.8 Å². The van der Waals surface area contributed by atoms with E-state index in [2.05, 4.69) is 0 Å². The third-order valence-electron chi connectivity index (χ3n) is 1.89. The number of hydrogen-bond donors (Lipinski definition) is 0. The van der Waals surface area contributed by atoms with Crippen LogP contribution < -0.4 is 0 Å². The summed E-state index contributed by atoms with van der Waals surface area (Å²) in [5, 5.41) is 0. The second-order valence-electron chi connectivity index (χ2n) is 4.50. The van der Waals surface area contributed by atoms with Crippen LogP contribution in [0.2, 0.25) is 0 Å². The maximum absolute atomic E-state index is 11.8. The Morgan fingerprint density at radius 3 is 2.07 bits per heavy atom. The van der Waals surface area contributed by atoms with Gasteiger partial charge in [0.2, 0.25) is 0 Å². The Morgan fingerprint density at radius 1 is 1.29 bits per heavy atom. The standard InChI is InChI=1S/C11H20O3/c1-6-7-9(14-8(2)12)10(13)11(3,4)5/h9H,6-7H2,1-5H3. The zero-order valence-corrected chi connectivity index (χ0v) is 9.72. The number of hydrogen-bond acceptors (Lipinski definition) is 3. The smallest absolute Gasteiger partial charge is 0.303 e. The van der Waals surface area contributed by atoms with Gasteiger partial charge in [-0.25, -0.2) is 0 Å². The Morgan fingerprint density at radius 2 is 1.79 bits per heavy atom. The Hall–Kier alpha value is -0.860. The number of carbonyl (C=O) groups is 2. The first-order chi connectivity index (χ1) is 6.29. The van der Waals surface area contributed by atoms with Gasteiger partial charge in [0.05, 0.1) is 0 Å². The van der Waals surface area contributed by atoms with Gasteiger partial charge in [0, 0.05) is 12.3 Å². The molecule has 0 aliphatic heterocycles. The molecule has 0 aliphatic rings. The average Bonchev–Trinajstić information content (AvgIpc) is 2.00. The molecule has 0 heterocycles. The molecule has 0 aliphatic carbocycles. The second-order valence-corrected chi connectivity index (χ2v) is 4.50. The van der Waals surface area contributed by atoms with Crippen LogP contribution >= 0.6 is 0 Å². The Kier molecular flexibility index (Phi) is 4.81. The normalized spacial score (nSPS) is 13.5. The van der Waals surface area contributed by atoms with Gasteiger partial charge in [0.15, 0.2) is 11.9 Å². The molecule has 1 unspecified atom stereocenters. The summed E-state index contributed by atoms with van der Waals surface area (Å²) < 4.78 is 4.99. The van der Waals surface area contributed by atoms with Crippen molar-refractivity contribution in [3.8, 4) is 0 Å². The van der Waals surface area contributed by atoms with Gasteiger partial charge in [-0.2, -0.15) is 0 Å². The molecule has 0 amide bonds. The number of ether oxygens (including phenoxy) is 1. The van der Waals surface area contributed by atoms with Gasteiger partial charge in [-0.1, -0.05) is 34.1 Å². The van der Waals surface area contributed by atoms with Crippen LogP contribution in [0.15, 0.2) is 0 Å². The molecule has 0 radical (unpaired) electrons. The highest BCUT2D eigenvalue weighted by Gasteiger charge is 2.30. The molecule has 3 heteroatoms. The fraction of sp³-hybridized carbons (Fsp3) is 0.818. The number of carbonyl (C=O) groups excluding carboxylic acids is 2. The first-order valence-electron chi connectivity index (χ1n) is 5.00. The molecule has 0 saturated carbocycles. The lowest BCUT2D eigenvalue weighted by molar-refractivity contribution is -0.156. The molecule has 0 aromatic heterocycles. The van der Waals surface area contributed by atoms with Gasteiger partial charge >= 0.3 is 5.97 Å². The fourth-order valence-corrected chi connectivity index (χ4v) is 1.19. The SMILES string of the molecule is CCCC(OC(C)=O)C(=O)C(C)(C)C. The van der Waals surface area contributed by atoms with Crippen molar-refractivity contribution in [1.82, 2.24) is 0 Å². The van der Waals surface area contributed by atoms with E-state index in [1.54, 1.807) is 0 Å². The van der Waals surface area contributed by atoms with Crippen LogP contribution in [-0.2, 0) is 14.3 Å². The Bertz CT molecular complexity index is 213. The van der Waals surface area contributed by atoms with Crippen LogP contribution in [0.4, 0.5) is 0 Å².